The molecule has 0 spiro atoms. The molecule has 7 heteroatoms. The topological polar surface area (TPSA) is 69.7 Å². The Morgan fingerprint density at radius 3 is 2.62 bits per heavy atom. The van der Waals surface area contributed by atoms with Gasteiger partial charge in [0.15, 0.2) is 0 Å². The maximum atomic E-state index is 12.6. The molecule has 1 saturated heterocycles. The Hall–Kier alpha value is -2.28. The number of benzene rings is 1. The smallest absolute Gasteiger partial charge is 0.327 e. The SMILES string of the molecule is CC(CCc1ccccc1)NC(=O)C1=CC2C(=O)N(C)C(=O)N(C)C2S1. The summed E-state index contributed by atoms with van der Waals surface area (Å²) in [6.45, 7) is 1.97. The molecule has 3 atom stereocenters. The third-order valence-corrected chi connectivity index (χ3v) is 6.21. The van der Waals surface area contributed by atoms with Crippen LogP contribution in [0.25, 0.3) is 0 Å². The minimum Gasteiger partial charge on any atom is -0.349 e. The lowest BCUT2D eigenvalue weighted by Gasteiger charge is -2.37. The molecule has 4 amide bonds. The lowest BCUT2D eigenvalue weighted by Crippen LogP contribution is -2.56. The van der Waals surface area contributed by atoms with E-state index >= 15 is 0 Å². The molecule has 1 fully saturated rings. The summed E-state index contributed by atoms with van der Waals surface area (Å²) in [5, 5.41) is 2.66. The van der Waals surface area contributed by atoms with Gasteiger partial charge in [0.1, 0.15) is 0 Å². The van der Waals surface area contributed by atoms with Gasteiger partial charge >= 0.3 is 6.03 Å². The second kappa shape index (κ2) is 7.53. The summed E-state index contributed by atoms with van der Waals surface area (Å²) in [6, 6.07) is 9.82. The van der Waals surface area contributed by atoms with E-state index in [1.807, 2.05) is 25.1 Å². The Balaban J connectivity index is 1.58. The van der Waals surface area contributed by atoms with E-state index in [1.54, 1.807) is 13.1 Å². The molecule has 6 nitrogen and oxygen atoms in total. The predicted molar refractivity (Wildman–Crippen MR) is 101 cm³/mol. The molecule has 0 aliphatic carbocycles. The molecular formula is C19H23N3O3S. The van der Waals surface area contributed by atoms with Crippen molar-refractivity contribution in [3.05, 3.63) is 46.9 Å². The monoisotopic (exact) mass is 373 g/mol. The number of amides is 4. The highest BCUT2D eigenvalue weighted by molar-refractivity contribution is 8.04. The van der Waals surface area contributed by atoms with Gasteiger partial charge in [-0.1, -0.05) is 42.1 Å². The largest absolute Gasteiger partial charge is 0.349 e. The summed E-state index contributed by atoms with van der Waals surface area (Å²) in [4.78, 5) is 40.0. The molecule has 0 aromatic heterocycles. The van der Waals surface area contributed by atoms with Gasteiger partial charge in [-0.2, -0.15) is 0 Å². The van der Waals surface area contributed by atoms with E-state index in [-0.39, 0.29) is 29.3 Å². The second-order valence-corrected chi connectivity index (χ2v) is 7.91. The first-order valence-electron chi connectivity index (χ1n) is 8.66. The molecule has 138 valence electrons. The lowest BCUT2D eigenvalue weighted by molar-refractivity contribution is -0.133. The number of thioether (sulfide) groups is 1. The maximum Gasteiger partial charge on any atom is 0.327 e. The fourth-order valence-electron chi connectivity index (χ4n) is 3.19. The van der Waals surface area contributed by atoms with E-state index in [2.05, 4.69) is 17.4 Å². The quantitative estimate of drug-likeness (QED) is 0.859. The lowest BCUT2D eigenvalue weighted by atomic mass is 10.0. The zero-order valence-corrected chi connectivity index (χ0v) is 16.0. The summed E-state index contributed by atoms with van der Waals surface area (Å²) in [6.07, 6.45) is 3.41. The molecule has 26 heavy (non-hydrogen) atoms. The summed E-state index contributed by atoms with van der Waals surface area (Å²) < 4.78 is 0. The average Bonchev–Trinajstić information content (AvgIpc) is 3.09. The Morgan fingerprint density at radius 1 is 1.23 bits per heavy atom. The maximum absolute atomic E-state index is 12.6. The van der Waals surface area contributed by atoms with Crippen LogP contribution in [0.1, 0.15) is 18.9 Å². The van der Waals surface area contributed by atoms with Crippen LogP contribution < -0.4 is 5.32 Å². The molecule has 0 saturated carbocycles. The van der Waals surface area contributed by atoms with Crippen molar-refractivity contribution in [2.75, 3.05) is 14.1 Å². The van der Waals surface area contributed by atoms with Crippen LogP contribution in [0, 0.1) is 5.92 Å². The summed E-state index contributed by atoms with van der Waals surface area (Å²) in [7, 11) is 3.13. The van der Waals surface area contributed by atoms with E-state index in [0.717, 1.165) is 17.7 Å². The van der Waals surface area contributed by atoms with Gasteiger partial charge in [0.2, 0.25) is 5.91 Å². The summed E-state index contributed by atoms with van der Waals surface area (Å²) in [5.74, 6) is -0.903. The van der Waals surface area contributed by atoms with Crippen molar-refractivity contribution < 1.29 is 14.4 Å². The van der Waals surface area contributed by atoms with Crippen LogP contribution in [-0.4, -0.2) is 53.2 Å². The number of rotatable bonds is 5. The highest BCUT2D eigenvalue weighted by Gasteiger charge is 2.47. The highest BCUT2D eigenvalue weighted by Crippen LogP contribution is 2.41. The van der Waals surface area contributed by atoms with Crippen molar-refractivity contribution in [2.24, 2.45) is 5.92 Å². The average molecular weight is 373 g/mol. The van der Waals surface area contributed by atoms with E-state index in [9.17, 15) is 14.4 Å². The van der Waals surface area contributed by atoms with E-state index in [4.69, 9.17) is 0 Å². The first-order chi connectivity index (χ1) is 12.4. The first kappa shape index (κ1) is 18.5. The molecule has 2 aliphatic rings. The van der Waals surface area contributed by atoms with Crippen LogP contribution in [0.15, 0.2) is 41.3 Å². The standard InChI is InChI=1S/C19H23N3O3S/c1-12(9-10-13-7-5-4-6-8-13)20-16(23)15-11-14-17(24)21(2)19(25)22(3)18(14)26-15/h4-8,11-12,14,18H,9-10H2,1-3H3,(H,20,23). The van der Waals surface area contributed by atoms with E-state index in [0.29, 0.717) is 4.91 Å². The van der Waals surface area contributed by atoms with Gasteiger partial charge in [-0.15, -0.1) is 0 Å². The molecular weight excluding hydrogens is 350 g/mol. The van der Waals surface area contributed by atoms with Gasteiger partial charge in [-0.25, -0.2) is 4.79 Å². The van der Waals surface area contributed by atoms with Crippen molar-refractivity contribution in [3.63, 3.8) is 0 Å². The molecule has 3 rings (SSSR count). The van der Waals surface area contributed by atoms with Crippen molar-refractivity contribution in [1.29, 1.82) is 0 Å². The summed E-state index contributed by atoms with van der Waals surface area (Å²) in [5.41, 5.74) is 1.24. The molecule has 2 heterocycles. The van der Waals surface area contributed by atoms with Gasteiger partial charge in [0, 0.05) is 20.1 Å². The number of urea groups is 1. The number of nitrogens with zero attached hydrogens (tertiary/aromatic N) is 2. The Labute approximate surface area is 157 Å². The third kappa shape index (κ3) is 3.62. The molecule has 2 aliphatic heterocycles. The van der Waals surface area contributed by atoms with Crippen LogP contribution in [0.5, 0.6) is 0 Å². The van der Waals surface area contributed by atoms with Gasteiger partial charge in [0.05, 0.1) is 16.2 Å². The molecule has 1 N–H and O–H groups in total. The van der Waals surface area contributed by atoms with Gasteiger partial charge in [0.25, 0.3) is 5.91 Å². The Kier molecular flexibility index (Phi) is 5.36. The highest BCUT2D eigenvalue weighted by atomic mass is 32.2. The number of nitrogens with one attached hydrogen (secondary N) is 1. The van der Waals surface area contributed by atoms with Crippen molar-refractivity contribution >= 4 is 29.6 Å². The zero-order chi connectivity index (χ0) is 18.8. The number of aryl methyl sites for hydroxylation is 1. The molecule has 0 radical (unpaired) electrons. The fourth-order valence-corrected chi connectivity index (χ4v) is 4.43. The second-order valence-electron chi connectivity index (χ2n) is 6.75. The Morgan fingerprint density at radius 2 is 1.92 bits per heavy atom. The van der Waals surface area contributed by atoms with E-state index in [1.165, 1.54) is 29.3 Å². The van der Waals surface area contributed by atoms with Crippen molar-refractivity contribution in [1.82, 2.24) is 15.1 Å². The Bertz CT molecular complexity index is 750. The zero-order valence-electron chi connectivity index (χ0n) is 15.1. The number of hydrogen-bond acceptors (Lipinski definition) is 4. The van der Waals surface area contributed by atoms with Gasteiger partial charge < -0.3 is 10.2 Å². The van der Waals surface area contributed by atoms with Gasteiger partial charge in [-0.05, 0) is 31.4 Å². The van der Waals surface area contributed by atoms with Crippen LogP contribution in [0.4, 0.5) is 4.79 Å². The van der Waals surface area contributed by atoms with Crippen LogP contribution in [-0.2, 0) is 16.0 Å². The minimum atomic E-state index is -0.465. The fraction of sp³-hybridized carbons (Fsp3) is 0.421. The van der Waals surface area contributed by atoms with Crippen LogP contribution in [0.2, 0.25) is 0 Å². The van der Waals surface area contributed by atoms with Crippen molar-refractivity contribution in [2.45, 2.75) is 31.2 Å². The molecule has 0 bridgehead atoms. The van der Waals surface area contributed by atoms with Crippen LogP contribution >= 0.6 is 11.8 Å². The van der Waals surface area contributed by atoms with Gasteiger partial charge in [-0.3, -0.25) is 14.5 Å². The normalized spacial score (nSPS) is 23.6. The molecule has 3 unspecified atom stereocenters. The van der Waals surface area contributed by atoms with Crippen molar-refractivity contribution in [3.8, 4) is 0 Å². The first-order valence-corrected chi connectivity index (χ1v) is 9.54. The number of hydrogen-bond donors (Lipinski definition) is 1. The van der Waals surface area contributed by atoms with Crippen LogP contribution in [0.3, 0.4) is 0 Å². The molecule has 1 aromatic rings. The number of imide groups is 1. The van der Waals surface area contributed by atoms with E-state index < -0.39 is 5.92 Å². The number of fused-ring (bicyclic) bond motifs is 1. The minimum absolute atomic E-state index is 0.0181. The predicted octanol–water partition coefficient (Wildman–Crippen LogP) is 2.22. The number of carbonyl (C=O) groups excluding carboxylic acids is 3. The third-order valence-electron chi connectivity index (χ3n) is 4.78. The molecule has 1 aromatic carbocycles. The summed E-state index contributed by atoms with van der Waals surface area (Å²) >= 11 is 1.28. The number of carbonyl (C=O) groups is 3.